The van der Waals surface area contributed by atoms with Crippen LogP contribution in [0.3, 0.4) is 0 Å². The van der Waals surface area contributed by atoms with Gasteiger partial charge in [0.25, 0.3) is 5.56 Å². The molecule has 4 aromatic rings. The summed E-state index contributed by atoms with van der Waals surface area (Å²) in [6.07, 6.45) is 0. The number of aromatic amines is 1. The van der Waals surface area contributed by atoms with E-state index in [1.54, 1.807) is 0 Å². The van der Waals surface area contributed by atoms with E-state index in [2.05, 4.69) is 15.3 Å². The van der Waals surface area contributed by atoms with Crippen LogP contribution in [-0.2, 0) is 11.3 Å². The second kappa shape index (κ2) is 8.83. The summed E-state index contributed by atoms with van der Waals surface area (Å²) in [5.41, 5.74) is 4.81. The van der Waals surface area contributed by atoms with Gasteiger partial charge in [-0.15, -0.1) is 11.3 Å². The van der Waals surface area contributed by atoms with Crippen molar-refractivity contribution in [3.63, 3.8) is 0 Å². The van der Waals surface area contributed by atoms with Crippen LogP contribution in [0.25, 0.3) is 21.3 Å². The molecule has 0 saturated heterocycles. The van der Waals surface area contributed by atoms with Gasteiger partial charge in [-0.25, -0.2) is 4.98 Å². The van der Waals surface area contributed by atoms with E-state index in [4.69, 9.17) is 0 Å². The van der Waals surface area contributed by atoms with E-state index in [1.165, 1.54) is 16.9 Å². The van der Waals surface area contributed by atoms with Gasteiger partial charge in [-0.2, -0.15) is 0 Å². The van der Waals surface area contributed by atoms with Gasteiger partial charge in [0.15, 0.2) is 0 Å². The third kappa shape index (κ3) is 4.90. The fourth-order valence-electron chi connectivity index (χ4n) is 3.41. The molecule has 0 spiro atoms. The molecule has 2 aromatic carbocycles. The summed E-state index contributed by atoms with van der Waals surface area (Å²) in [5, 5.41) is 5.46. The molecular formula is C24H24N4O2S. The van der Waals surface area contributed by atoms with Crippen LogP contribution in [0.15, 0.2) is 58.7 Å². The number of carbonyl (C=O) groups excluding carboxylic acids is 1. The Morgan fingerprint density at radius 1 is 1.06 bits per heavy atom. The first-order chi connectivity index (χ1) is 14.9. The number of hydrogen-bond donors (Lipinski definition) is 2. The molecule has 158 valence electrons. The number of H-pyrrole nitrogens is 1. The number of likely N-dealkylation sites (N-methyl/N-ethyl adjacent to an activating group) is 1. The van der Waals surface area contributed by atoms with Gasteiger partial charge in [0, 0.05) is 16.6 Å². The summed E-state index contributed by atoms with van der Waals surface area (Å²) in [6, 6.07) is 15.8. The maximum atomic E-state index is 12.8. The van der Waals surface area contributed by atoms with Gasteiger partial charge in [-0.1, -0.05) is 47.5 Å². The summed E-state index contributed by atoms with van der Waals surface area (Å²) in [5.74, 6) is 0.424. The summed E-state index contributed by atoms with van der Waals surface area (Å²) >= 11 is 1.46. The molecule has 2 N–H and O–H groups in total. The first kappa shape index (κ1) is 21.0. The monoisotopic (exact) mass is 432 g/mol. The van der Waals surface area contributed by atoms with Crippen LogP contribution in [0.5, 0.6) is 0 Å². The minimum Gasteiger partial charge on any atom is -0.325 e. The van der Waals surface area contributed by atoms with Crippen molar-refractivity contribution in [1.82, 2.24) is 14.9 Å². The molecule has 2 aromatic heterocycles. The lowest BCUT2D eigenvalue weighted by Crippen LogP contribution is -2.31. The molecule has 31 heavy (non-hydrogen) atoms. The van der Waals surface area contributed by atoms with Crippen LogP contribution >= 0.6 is 11.3 Å². The van der Waals surface area contributed by atoms with Gasteiger partial charge >= 0.3 is 0 Å². The quantitative estimate of drug-likeness (QED) is 0.475. The van der Waals surface area contributed by atoms with Gasteiger partial charge in [0.2, 0.25) is 5.91 Å². The molecule has 0 unspecified atom stereocenters. The molecular weight excluding hydrogens is 408 g/mol. The molecule has 0 aliphatic heterocycles. The topological polar surface area (TPSA) is 78.1 Å². The van der Waals surface area contributed by atoms with E-state index >= 15 is 0 Å². The van der Waals surface area contributed by atoms with Crippen LogP contribution in [0.2, 0.25) is 0 Å². The zero-order valence-electron chi connectivity index (χ0n) is 17.7. The van der Waals surface area contributed by atoms with Crippen LogP contribution in [0, 0.1) is 13.8 Å². The smallest absolute Gasteiger partial charge is 0.260 e. The van der Waals surface area contributed by atoms with Crippen molar-refractivity contribution in [3.8, 4) is 11.1 Å². The second-order valence-electron chi connectivity index (χ2n) is 7.79. The lowest BCUT2D eigenvalue weighted by atomic mass is 10.1. The van der Waals surface area contributed by atoms with Crippen molar-refractivity contribution in [2.24, 2.45) is 0 Å². The van der Waals surface area contributed by atoms with Gasteiger partial charge in [-0.3, -0.25) is 14.5 Å². The van der Waals surface area contributed by atoms with Crippen molar-refractivity contribution in [2.75, 3.05) is 18.9 Å². The van der Waals surface area contributed by atoms with Gasteiger partial charge in [0.1, 0.15) is 10.7 Å². The number of anilines is 1. The zero-order chi connectivity index (χ0) is 22.0. The Balaban J connectivity index is 1.47. The number of rotatable bonds is 6. The van der Waals surface area contributed by atoms with E-state index in [-0.39, 0.29) is 18.0 Å². The number of amides is 1. The molecule has 4 rings (SSSR count). The first-order valence-corrected chi connectivity index (χ1v) is 10.9. The molecule has 1 amide bonds. The van der Waals surface area contributed by atoms with Gasteiger partial charge in [0.05, 0.1) is 18.5 Å². The average Bonchev–Trinajstić information content (AvgIpc) is 3.14. The lowest BCUT2D eigenvalue weighted by molar-refractivity contribution is -0.117. The normalized spacial score (nSPS) is 11.2. The number of aryl methyl sites for hydroxylation is 2. The Kier molecular flexibility index (Phi) is 5.97. The molecule has 0 saturated carbocycles. The summed E-state index contributed by atoms with van der Waals surface area (Å²) in [7, 11) is 1.82. The van der Waals surface area contributed by atoms with E-state index < -0.39 is 0 Å². The van der Waals surface area contributed by atoms with Crippen LogP contribution in [0.4, 0.5) is 5.69 Å². The molecule has 0 atom stereocenters. The number of thiophene rings is 1. The summed E-state index contributed by atoms with van der Waals surface area (Å²) in [6.45, 7) is 4.59. The van der Waals surface area contributed by atoms with Crippen LogP contribution in [-0.4, -0.2) is 34.4 Å². The molecule has 0 bridgehead atoms. The number of hydrogen-bond acceptors (Lipinski definition) is 5. The number of benzene rings is 2. The number of carbonyl (C=O) groups is 1. The molecule has 0 aliphatic rings. The van der Waals surface area contributed by atoms with Crippen LogP contribution in [0.1, 0.15) is 17.0 Å². The van der Waals surface area contributed by atoms with Gasteiger partial charge in [-0.05, 0) is 38.6 Å². The van der Waals surface area contributed by atoms with Crippen molar-refractivity contribution in [1.29, 1.82) is 0 Å². The summed E-state index contributed by atoms with van der Waals surface area (Å²) < 4.78 is 0. The SMILES string of the molecule is Cc1ccc(NC(=O)CN(C)Cc2nc3scc(-c4ccc(C)cc4)c3c(=O)[nH]2)cc1. The van der Waals surface area contributed by atoms with Gasteiger partial charge < -0.3 is 10.3 Å². The van der Waals surface area contributed by atoms with E-state index in [9.17, 15) is 9.59 Å². The second-order valence-corrected chi connectivity index (χ2v) is 8.65. The Morgan fingerprint density at radius 3 is 2.39 bits per heavy atom. The highest BCUT2D eigenvalue weighted by atomic mass is 32.1. The van der Waals surface area contributed by atoms with E-state index in [0.29, 0.717) is 22.6 Å². The Morgan fingerprint density at radius 2 is 1.71 bits per heavy atom. The maximum absolute atomic E-state index is 12.8. The highest BCUT2D eigenvalue weighted by molar-refractivity contribution is 7.17. The Labute approximate surface area is 184 Å². The third-order valence-electron chi connectivity index (χ3n) is 5.02. The van der Waals surface area contributed by atoms with E-state index in [0.717, 1.165) is 22.4 Å². The molecule has 6 nitrogen and oxygen atoms in total. The Bertz CT molecular complexity index is 1270. The molecule has 0 aliphatic carbocycles. The molecule has 0 radical (unpaired) electrons. The Hall–Kier alpha value is -3.29. The standard InChI is InChI=1S/C24H24N4O2S/c1-15-4-8-17(9-5-15)19-14-31-24-22(19)23(30)26-20(27-24)12-28(3)13-21(29)25-18-10-6-16(2)7-11-18/h4-11,14H,12-13H2,1-3H3,(H,25,29)(H,26,27,30). The van der Waals surface area contributed by atoms with Crippen molar-refractivity contribution < 1.29 is 4.79 Å². The average molecular weight is 433 g/mol. The third-order valence-corrected chi connectivity index (χ3v) is 5.90. The van der Waals surface area contributed by atoms with Crippen molar-refractivity contribution in [3.05, 3.63) is 81.2 Å². The molecule has 7 heteroatoms. The molecule has 2 heterocycles. The first-order valence-electron chi connectivity index (χ1n) is 10.0. The minimum atomic E-state index is -0.158. The van der Waals surface area contributed by atoms with Crippen molar-refractivity contribution in [2.45, 2.75) is 20.4 Å². The van der Waals surface area contributed by atoms with E-state index in [1.807, 2.05) is 79.7 Å². The predicted molar refractivity (Wildman–Crippen MR) is 127 cm³/mol. The number of aromatic nitrogens is 2. The highest BCUT2D eigenvalue weighted by Gasteiger charge is 2.15. The summed E-state index contributed by atoms with van der Waals surface area (Å²) in [4.78, 5) is 35.2. The number of fused-ring (bicyclic) bond motifs is 1. The van der Waals surface area contributed by atoms with Crippen LogP contribution < -0.4 is 10.9 Å². The maximum Gasteiger partial charge on any atom is 0.260 e. The fourth-order valence-corrected chi connectivity index (χ4v) is 4.37. The molecule has 0 fully saturated rings. The number of nitrogens with zero attached hydrogens (tertiary/aromatic N) is 2. The minimum absolute atomic E-state index is 0.118. The fraction of sp³-hybridized carbons (Fsp3) is 0.208. The predicted octanol–water partition coefficient (Wildman–Crippen LogP) is 4.34. The van der Waals surface area contributed by atoms with Crippen molar-refractivity contribution >= 4 is 33.1 Å². The number of nitrogens with one attached hydrogen (secondary N) is 2. The largest absolute Gasteiger partial charge is 0.325 e. The zero-order valence-corrected chi connectivity index (χ0v) is 18.5. The highest BCUT2D eigenvalue weighted by Crippen LogP contribution is 2.30. The lowest BCUT2D eigenvalue weighted by Gasteiger charge is -2.15.